The van der Waals surface area contributed by atoms with Crippen molar-refractivity contribution >= 4 is 27.9 Å². The molecule has 2 aromatic heterocycles. The van der Waals surface area contributed by atoms with Gasteiger partial charge in [-0.1, -0.05) is 19.1 Å². The highest BCUT2D eigenvalue weighted by Gasteiger charge is 2.16. The van der Waals surface area contributed by atoms with E-state index >= 15 is 0 Å². The first kappa shape index (κ1) is 21.7. The molecule has 0 aliphatic rings. The maximum atomic E-state index is 12.8. The molecule has 1 N–H and O–H groups in total. The predicted octanol–water partition coefficient (Wildman–Crippen LogP) is 5.05. The number of rotatable bonds is 9. The van der Waals surface area contributed by atoms with Crippen LogP contribution in [0.2, 0.25) is 0 Å². The van der Waals surface area contributed by atoms with Crippen LogP contribution in [0.1, 0.15) is 19.0 Å². The molecule has 8 heteroatoms. The summed E-state index contributed by atoms with van der Waals surface area (Å²) in [5, 5.41) is 4.92. The van der Waals surface area contributed by atoms with Gasteiger partial charge in [0.2, 0.25) is 5.91 Å². The van der Waals surface area contributed by atoms with Crippen LogP contribution in [0, 0.1) is 0 Å². The highest BCUT2D eigenvalue weighted by atomic mass is 32.1. The second kappa shape index (κ2) is 9.74. The van der Waals surface area contributed by atoms with Gasteiger partial charge in [0.1, 0.15) is 17.2 Å². The largest absolute Gasteiger partial charge is 0.497 e. The smallest absolute Gasteiger partial charge is 0.230 e. The van der Waals surface area contributed by atoms with Gasteiger partial charge in [-0.05, 0) is 36.8 Å². The molecule has 0 aliphatic heterocycles. The summed E-state index contributed by atoms with van der Waals surface area (Å²) in [6.45, 7) is 2.65. The number of aromatic nitrogens is 2. The summed E-state index contributed by atoms with van der Waals surface area (Å²) in [6, 6.07) is 13.1. The van der Waals surface area contributed by atoms with Crippen molar-refractivity contribution in [3.05, 3.63) is 59.7 Å². The lowest BCUT2D eigenvalue weighted by atomic mass is 10.1. The number of fused-ring (bicyclic) bond motifs is 1. The van der Waals surface area contributed by atoms with Crippen molar-refractivity contribution < 1.29 is 19.0 Å². The Bertz CT molecular complexity index is 1230. The fourth-order valence-electron chi connectivity index (χ4n) is 3.37. The fourth-order valence-corrected chi connectivity index (χ4v) is 4.24. The molecule has 0 atom stereocenters. The first-order valence-electron chi connectivity index (χ1n) is 10.3. The molecule has 0 saturated heterocycles. The van der Waals surface area contributed by atoms with Crippen LogP contribution < -0.4 is 19.5 Å². The predicted molar refractivity (Wildman–Crippen MR) is 126 cm³/mol. The van der Waals surface area contributed by atoms with Gasteiger partial charge < -0.3 is 19.5 Å². The standard InChI is InChI=1S/C24H25N3O4S/c1-4-11-31-22-8-6-5-7-19(22)25-23(28)12-16-15-32-24-26-20(14-27(16)24)18-13-17(29-2)9-10-21(18)30-3/h5-10,13-15H,4,11-12H2,1-3H3,(H,25,28). The summed E-state index contributed by atoms with van der Waals surface area (Å²) in [5.74, 6) is 1.99. The average molecular weight is 452 g/mol. The summed E-state index contributed by atoms with van der Waals surface area (Å²) in [4.78, 5) is 18.3. The maximum absolute atomic E-state index is 12.8. The molecule has 4 rings (SSSR count). The number of hydrogen-bond donors (Lipinski definition) is 1. The highest BCUT2D eigenvalue weighted by Crippen LogP contribution is 2.34. The molecule has 0 unspecified atom stereocenters. The van der Waals surface area contributed by atoms with Gasteiger partial charge in [0.25, 0.3) is 0 Å². The lowest BCUT2D eigenvalue weighted by Crippen LogP contribution is -2.16. The van der Waals surface area contributed by atoms with E-state index in [4.69, 9.17) is 19.2 Å². The van der Waals surface area contributed by atoms with Crippen molar-refractivity contribution in [2.75, 3.05) is 26.1 Å². The molecule has 0 bridgehead atoms. The number of anilines is 1. The first-order chi connectivity index (χ1) is 15.6. The van der Waals surface area contributed by atoms with E-state index in [0.717, 1.165) is 34.1 Å². The Labute approximate surface area is 190 Å². The van der Waals surface area contributed by atoms with Gasteiger partial charge in [0.15, 0.2) is 4.96 Å². The zero-order chi connectivity index (χ0) is 22.5. The number of hydrogen-bond acceptors (Lipinski definition) is 6. The van der Waals surface area contributed by atoms with Crippen LogP contribution in [0.3, 0.4) is 0 Å². The monoisotopic (exact) mass is 451 g/mol. The van der Waals surface area contributed by atoms with Crippen LogP contribution in [-0.2, 0) is 11.2 Å². The van der Waals surface area contributed by atoms with Gasteiger partial charge in [-0.15, -0.1) is 11.3 Å². The van der Waals surface area contributed by atoms with Crippen LogP contribution in [0.25, 0.3) is 16.2 Å². The maximum Gasteiger partial charge on any atom is 0.230 e. The molecular weight excluding hydrogens is 426 g/mol. The summed E-state index contributed by atoms with van der Waals surface area (Å²) >= 11 is 1.49. The quantitative estimate of drug-likeness (QED) is 0.385. The summed E-state index contributed by atoms with van der Waals surface area (Å²) in [5.41, 5.74) is 3.12. The molecule has 4 aromatic rings. The third-order valence-corrected chi connectivity index (χ3v) is 5.82. The fraction of sp³-hybridized carbons (Fsp3) is 0.250. The van der Waals surface area contributed by atoms with Gasteiger partial charge in [-0.2, -0.15) is 0 Å². The second-order valence-corrected chi connectivity index (χ2v) is 7.98. The molecule has 7 nitrogen and oxygen atoms in total. The number of methoxy groups -OCH3 is 2. The van der Waals surface area contributed by atoms with Crippen LogP contribution in [0.4, 0.5) is 5.69 Å². The van der Waals surface area contributed by atoms with Crippen molar-refractivity contribution in [2.45, 2.75) is 19.8 Å². The van der Waals surface area contributed by atoms with Crippen molar-refractivity contribution in [1.82, 2.24) is 9.38 Å². The van der Waals surface area contributed by atoms with E-state index in [0.29, 0.717) is 23.8 Å². The van der Waals surface area contributed by atoms with Crippen LogP contribution in [0.15, 0.2) is 54.0 Å². The van der Waals surface area contributed by atoms with Gasteiger partial charge in [-0.3, -0.25) is 9.20 Å². The van der Waals surface area contributed by atoms with Crippen molar-refractivity contribution in [3.63, 3.8) is 0 Å². The van der Waals surface area contributed by atoms with E-state index in [1.165, 1.54) is 11.3 Å². The van der Waals surface area contributed by atoms with Crippen LogP contribution >= 0.6 is 11.3 Å². The minimum Gasteiger partial charge on any atom is -0.497 e. The number of carbonyl (C=O) groups is 1. The van der Waals surface area contributed by atoms with Crippen LogP contribution in [0.5, 0.6) is 17.2 Å². The Morgan fingerprint density at radius 1 is 1.12 bits per heavy atom. The molecule has 0 aliphatic carbocycles. The van der Waals surface area contributed by atoms with Crippen molar-refractivity contribution in [3.8, 4) is 28.5 Å². The normalized spacial score (nSPS) is 10.8. The number of para-hydroxylation sites is 2. The van der Waals surface area contributed by atoms with Crippen molar-refractivity contribution in [1.29, 1.82) is 0 Å². The molecule has 0 saturated carbocycles. The minimum atomic E-state index is -0.119. The zero-order valence-electron chi connectivity index (χ0n) is 18.3. The third kappa shape index (κ3) is 4.55. The van der Waals surface area contributed by atoms with Crippen LogP contribution in [-0.4, -0.2) is 36.1 Å². The summed E-state index contributed by atoms with van der Waals surface area (Å²) in [7, 11) is 3.25. The lowest BCUT2D eigenvalue weighted by molar-refractivity contribution is -0.115. The highest BCUT2D eigenvalue weighted by molar-refractivity contribution is 7.15. The molecule has 166 valence electrons. The molecule has 1 amide bonds. The Balaban J connectivity index is 1.56. The minimum absolute atomic E-state index is 0.119. The SMILES string of the molecule is CCCOc1ccccc1NC(=O)Cc1csc2nc(-c3cc(OC)ccc3OC)cn12. The first-order valence-corrected chi connectivity index (χ1v) is 11.2. The van der Waals surface area contributed by atoms with Gasteiger partial charge >= 0.3 is 0 Å². The number of ether oxygens (including phenoxy) is 3. The van der Waals surface area contributed by atoms with E-state index < -0.39 is 0 Å². The molecular formula is C24H25N3O4S. The number of carbonyl (C=O) groups excluding carboxylic acids is 1. The van der Waals surface area contributed by atoms with E-state index in [-0.39, 0.29) is 12.3 Å². The average Bonchev–Trinajstić information content (AvgIpc) is 3.40. The van der Waals surface area contributed by atoms with E-state index in [1.807, 2.05) is 65.4 Å². The molecule has 0 fully saturated rings. The molecule has 2 aromatic carbocycles. The zero-order valence-corrected chi connectivity index (χ0v) is 19.1. The summed E-state index contributed by atoms with van der Waals surface area (Å²) < 4.78 is 18.5. The number of benzene rings is 2. The van der Waals surface area contributed by atoms with Gasteiger partial charge in [-0.25, -0.2) is 4.98 Å². The third-order valence-electron chi connectivity index (χ3n) is 4.93. The number of imidazole rings is 1. The topological polar surface area (TPSA) is 74.1 Å². The van der Waals surface area contributed by atoms with Gasteiger partial charge in [0.05, 0.1) is 38.6 Å². The Hall–Kier alpha value is -3.52. The Morgan fingerprint density at radius 3 is 2.75 bits per heavy atom. The molecule has 0 radical (unpaired) electrons. The lowest BCUT2D eigenvalue weighted by Gasteiger charge is -2.11. The van der Waals surface area contributed by atoms with E-state index in [1.54, 1.807) is 14.2 Å². The van der Waals surface area contributed by atoms with E-state index in [9.17, 15) is 4.79 Å². The second-order valence-electron chi connectivity index (χ2n) is 7.14. The number of thiazole rings is 1. The van der Waals surface area contributed by atoms with Crippen molar-refractivity contribution in [2.24, 2.45) is 0 Å². The molecule has 32 heavy (non-hydrogen) atoms. The van der Waals surface area contributed by atoms with E-state index in [2.05, 4.69) is 5.32 Å². The number of amides is 1. The number of nitrogens with one attached hydrogen (secondary N) is 1. The Morgan fingerprint density at radius 2 is 1.97 bits per heavy atom. The summed E-state index contributed by atoms with van der Waals surface area (Å²) in [6.07, 6.45) is 3.04. The number of nitrogens with zero attached hydrogens (tertiary/aromatic N) is 2. The molecule has 0 spiro atoms. The Kier molecular flexibility index (Phi) is 6.61. The molecule has 2 heterocycles. The van der Waals surface area contributed by atoms with Gasteiger partial charge in [0, 0.05) is 22.8 Å².